The molecule has 2 N–H and O–H groups in total. The summed E-state index contributed by atoms with van der Waals surface area (Å²) in [5.41, 5.74) is 1.33. The number of ether oxygens (including phenoxy) is 1. The molecule has 3 amide bonds. The molecule has 184 valence electrons. The van der Waals surface area contributed by atoms with E-state index in [-0.39, 0.29) is 36.3 Å². The van der Waals surface area contributed by atoms with E-state index in [9.17, 15) is 14.4 Å². The number of thiophene rings is 1. The molecule has 3 rings (SSSR count). The summed E-state index contributed by atoms with van der Waals surface area (Å²) in [4.78, 5) is 41.9. The van der Waals surface area contributed by atoms with E-state index in [1.54, 1.807) is 41.3 Å². The van der Waals surface area contributed by atoms with Gasteiger partial charge in [0, 0.05) is 31.0 Å². The fourth-order valence-corrected chi connectivity index (χ4v) is 4.72. The van der Waals surface area contributed by atoms with Gasteiger partial charge in [-0.25, -0.2) is 0 Å². The molecule has 8 nitrogen and oxygen atoms in total. The molecule has 1 fully saturated rings. The van der Waals surface area contributed by atoms with Crippen molar-refractivity contribution in [1.82, 2.24) is 10.2 Å². The van der Waals surface area contributed by atoms with Crippen LogP contribution < -0.4 is 15.5 Å². The zero-order valence-corrected chi connectivity index (χ0v) is 21.5. The zero-order chi connectivity index (χ0) is 24.9. The van der Waals surface area contributed by atoms with E-state index in [0.29, 0.717) is 34.6 Å². The summed E-state index contributed by atoms with van der Waals surface area (Å²) in [6.07, 6.45) is 0. The summed E-state index contributed by atoms with van der Waals surface area (Å²) < 4.78 is 5.71. The first kappa shape index (κ1) is 26.2. The van der Waals surface area contributed by atoms with E-state index in [1.165, 1.54) is 11.3 Å². The largest absolute Gasteiger partial charge is 0.370 e. The maximum atomic E-state index is 13.2. The molecule has 1 aromatic heterocycles. The summed E-state index contributed by atoms with van der Waals surface area (Å²) in [6, 6.07) is 9.89. The van der Waals surface area contributed by atoms with Crippen LogP contribution in [0.2, 0.25) is 4.34 Å². The molecule has 10 heteroatoms. The third kappa shape index (κ3) is 7.27. The molecule has 1 saturated heterocycles. The van der Waals surface area contributed by atoms with Crippen LogP contribution in [0.4, 0.5) is 11.4 Å². The van der Waals surface area contributed by atoms with Gasteiger partial charge in [-0.2, -0.15) is 0 Å². The molecule has 0 bridgehead atoms. The summed E-state index contributed by atoms with van der Waals surface area (Å²) in [7, 11) is 1.87. The molecule has 1 aromatic carbocycles. The topological polar surface area (TPSA) is 91.0 Å². The number of amides is 3. The predicted octanol–water partition coefficient (Wildman–Crippen LogP) is 3.48. The zero-order valence-electron chi connectivity index (χ0n) is 19.9. The maximum Gasteiger partial charge on any atom is 0.261 e. The molecule has 0 aliphatic carbocycles. The lowest BCUT2D eigenvalue weighted by molar-refractivity contribution is -0.125. The lowest BCUT2D eigenvalue weighted by Crippen LogP contribution is -2.51. The molecule has 0 saturated carbocycles. The molecular weight excluding hydrogens is 476 g/mol. The van der Waals surface area contributed by atoms with Crippen molar-refractivity contribution < 1.29 is 19.1 Å². The van der Waals surface area contributed by atoms with E-state index in [1.807, 2.05) is 11.9 Å². The van der Waals surface area contributed by atoms with E-state index >= 15 is 0 Å². The van der Waals surface area contributed by atoms with Gasteiger partial charge in [0.15, 0.2) is 0 Å². The number of morpholine rings is 1. The van der Waals surface area contributed by atoms with Gasteiger partial charge in [-0.1, -0.05) is 32.4 Å². The first-order chi connectivity index (χ1) is 16.0. The van der Waals surface area contributed by atoms with Crippen molar-refractivity contribution in [3.8, 4) is 0 Å². The SMILES string of the molecule is CN(CC(C)(C)C)[C@H](CNC(=O)c1ccc(Cl)s1)C(=O)Nc1ccc(N2CCOCC2=O)cc1. The second kappa shape index (κ2) is 11.3. The minimum atomic E-state index is -0.584. The second-order valence-electron chi connectivity index (χ2n) is 9.44. The van der Waals surface area contributed by atoms with Crippen molar-refractivity contribution in [3.05, 3.63) is 45.6 Å². The van der Waals surface area contributed by atoms with Crippen LogP contribution in [0, 0.1) is 5.41 Å². The lowest BCUT2D eigenvalue weighted by atomic mass is 9.95. The van der Waals surface area contributed by atoms with Crippen LogP contribution in [0.25, 0.3) is 0 Å². The van der Waals surface area contributed by atoms with Crippen LogP contribution >= 0.6 is 22.9 Å². The minimum absolute atomic E-state index is 0.0368. The third-order valence-electron chi connectivity index (χ3n) is 5.24. The Hall–Kier alpha value is -2.46. The van der Waals surface area contributed by atoms with Crippen molar-refractivity contribution in [3.63, 3.8) is 0 Å². The van der Waals surface area contributed by atoms with Crippen LogP contribution in [0.15, 0.2) is 36.4 Å². The van der Waals surface area contributed by atoms with Crippen LogP contribution in [0.3, 0.4) is 0 Å². The Bertz CT molecular complexity index is 1020. The fraction of sp³-hybridized carbons (Fsp3) is 0.458. The van der Waals surface area contributed by atoms with Gasteiger partial charge in [-0.15, -0.1) is 11.3 Å². The van der Waals surface area contributed by atoms with Crippen molar-refractivity contribution in [1.29, 1.82) is 0 Å². The minimum Gasteiger partial charge on any atom is -0.370 e. The monoisotopic (exact) mass is 506 g/mol. The Morgan fingerprint density at radius 1 is 1.21 bits per heavy atom. The summed E-state index contributed by atoms with van der Waals surface area (Å²) in [6.45, 7) is 8.15. The normalized spacial score (nSPS) is 15.4. The third-order valence-corrected chi connectivity index (χ3v) is 6.47. The molecule has 34 heavy (non-hydrogen) atoms. The number of halogens is 1. The Kier molecular flexibility index (Phi) is 8.70. The number of carbonyl (C=O) groups excluding carboxylic acids is 3. The Morgan fingerprint density at radius 3 is 2.50 bits per heavy atom. The molecule has 0 radical (unpaired) electrons. The number of benzene rings is 1. The van der Waals surface area contributed by atoms with Crippen LogP contribution in [0.5, 0.6) is 0 Å². The fourth-order valence-electron chi connectivity index (χ4n) is 3.76. The second-order valence-corrected chi connectivity index (χ2v) is 11.2. The Labute approximate surface area is 209 Å². The number of rotatable bonds is 8. The average molecular weight is 507 g/mol. The van der Waals surface area contributed by atoms with Gasteiger partial charge >= 0.3 is 0 Å². The number of hydrogen-bond donors (Lipinski definition) is 2. The van der Waals surface area contributed by atoms with Crippen molar-refractivity contribution in [2.24, 2.45) is 5.41 Å². The van der Waals surface area contributed by atoms with Crippen molar-refractivity contribution in [2.45, 2.75) is 26.8 Å². The van der Waals surface area contributed by atoms with Gasteiger partial charge in [0.2, 0.25) is 5.91 Å². The highest BCUT2D eigenvalue weighted by atomic mass is 35.5. The van der Waals surface area contributed by atoms with Crippen LogP contribution in [-0.2, 0) is 14.3 Å². The van der Waals surface area contributed by atoms with Gasteiger partial charge in [-0.05, 0) is 48.9 Å². The van der Waals surface area contributed by atoms with Gasteiger partial charge < -0.3 is 20.3 Å². The number of carbonyl (C=O) groups is 3. The summed E-state index contributed by atoms with van der Waals surface area (Å²) in [5, 5.41) is 5.80. The smallest absolute Gasteiger partial charge is 0.261 e. The molecule has 0 spiro atoms. The summed E-state index contributed by atoms with van der Waals surface area (Å²) >= 11 is 7.13. The predicted molar refractivity (Wildman–Crippen MR) is 136 cm³/mol. The number of hydrogen-bond acceptors (Lipinski definition) is 6. The highest BCUT2D eigenvalue weighted by molar-refractivity contribution is 7.18. The maximum absolute atomic E-state index is 13.2. The molecule has 0 unspecified atom stereocenters. The molecule has 1 aliphatic rings. The number of nitrogens with zero attached hydrogens (tertiary/aromatic N) is 2. The van der Waals surface area contributed by atoms with E-state index in [2.05, 4.69) is 31.4 Å². The van der Waals surface area contributed by atoms with Gasteiger partial charge in [0.05, 0.1) is 15.8 Å². The Morgan fingerprint density at radius 2 is 1.91 bits per heavy atom. The van der Waals surface area contributed by atoms with Gasteiger partial charge in [-0.3, -0.25) is 19.3 Å². The highest BCUT2D eigenvalue weighted by Crippen LogP contribution is 2.22. The van der Waals surface area contributed by atoms with Gasteiger partial charge in [0.25, 0.3) is 11.8 Å². The number of anilines is 2. The molecule has 1 aliphatic heterocycles. The van der Waals surface area contributed by atoms with E-state index in [4.69, 9.17) is 16.3 Å². The lowest BCUT2D eigenvalue weighted by Gasteiger charge is -2.32. The van der Waals surface area contributed by atoms with Crippen molar-refractivity contribution in [2.75, 3.05) is 50.1 Å². The first-order valence-electron chi connectivity index (χ1n) is 11.1. The van der Waals surface area contributed by atoms with Crippen LogP contribution in [-0.4, -0.2) is 68.6 Å². The van der Waals surface area contributed by atoms with Crippen molar-refractivity contribution >= 4 is 52.0 Å². The molecule has 1 atom stereocenters. The molecule has 2 aromatic rings. The number of nitrogens with one attached hydrogen (secondary N) is 2. The van der Waals surface area contributed by atoms with Gasteiger partial charge in [0.1, 0.15) is 12.6 Å². The first-order valence-corrected chi connectivity index (χ1v) is 12.3. The highest BCUT2D eigenvalue weighted by Gasteiger charge is 2.28. The molecular formula is C24H31ClN4O4S. The number of likely N-dealkylation sites (N-methyl/N-ethyl adjacent to an activating group) is 1. The standard InChI is InChI=1S/C24H31ClN4O4S/c1-24(2,3)15-28(4)18(13-26-23(32)19-9-10-20(25)34-19)22(31)27-16-5-7-17(8-6-16)29-11-12-33-14-21(29)30/h5-10,18H,11-15H2,1-4H3,(H,26,32)(H,27,31)/t18-/m1/s1. The molecule has 2 heterocycles. The quantitative estimate of drug-likeness (QED) is 0.572. The van der Waals surface area contributed by atoms with E-state index < -0.39 is 6.04 Å². The Balaban J connectivity index is 1.68. The van der Waals surface area contributed by atoms with Crippen LogP contribution in [0.1, 0.15) is 30.4 Å². The van der Waals surface area contributed by atoms with E-state index in [0.717, 1.165) is 5.69 Å². The average Bonchev–Trinajstić information content (AvgIpc) is 3.20. The summed E-state index contributed by atoms with van der Waals surface area (Å²) in [5.74, 6) is -0.584.